The highest BCUT2D eigenvalue weighted by Gasteiger charge is 2.26. The molecule has 34 heavy (non-hydrogen) atoms. The zero-order chi connectivity index (χ0) is 24.6. The highest BCUT2D eigenvalue weighted by atomic mass is 19.2. The topological polar surface area (TPSA) is 9.23 Å². The minimum absolute atomic E-state index is 0.00192. The number of ether oxygens (including phenoxy) is 1. The van der Waals surface area contributed by atoms with Crippen LogP contribution in [-0.4, -0.2) is 6.61 Å². The van der Waals surface area contributed by atoms with E-state index in [9.17, 15) is 26.3 Å². The van der Waals surface area contributed by atoms with Crippen LogP contribution in [0.15, 0.2) is 42.5 Å². The molecule has 0 saturated carbocycles. The zero-order valence-corrected chi connectivity index (χ0v) is 18.6. The molecule has 0 aliphatic heterocycles. The summed E-state index contributed by atoms with van der Waals surface area (Å²) in [4.78, 5) is 0. The Morgan fingerprint density at radius 1 is 0.735 bits per heavy atom. The first-order valence-electron chi connectivity index (χ1n) is 11.0. The fourth-order valence-corrected chi connectivity index (χ4v) is 4.35. The molecule has 1 nitrogen and oxygen atoms in total. The first-order chi connectivity index (χ1) is 16.2. The zero-order valence-electron chi connectivity index (χ0n) is 18.6. The average Bonchev–Trinajstić information content (AvgIpc) is 2.83. The number of hydrogen-bond acceptors (Lipinski definition) is 1. The first-order valence-corrected chi connectivity index (χ1v) is 11.0. The maximum atomic E-state index is 15.0. The van der Waals surface area contributed by atoms with Crippen LogP contribution in [0.1, 0.15) is 48.8 Å². The van der Waals surface area contributed by atoms with E-state index in [1.54, 1.807) is 19.1 Å². The van der Waals surface area contributed by atoms with Gasteiger partial charge >= 0.3 is 0 Å². The first kappa shape index (κ1) is 23.9. The van der Waals surface area contributed by atoms with E-state index in [2.05, 4.69) is 0 Å². The summed E-state index contributed by atoms with van der Waals surface area (Å²) < 4.78 is 91.9. The van der Waals surface area contributed by atoms with Crippen LogP contribution in [0, 0.1) is 41.8 Å². The Labute approximate surface area is 193 Å². The van der Waals surface area contributed by atoms with Crippen molar-refractivity contribution in [3.8, 4) is 16.9 Å². The van der Waals surface area contributed by atoms with Gasteiger partial charge in [0.2, 0.25) is 5.82 Å². The van der Waals surface area contributed by atoms with Crippen LogP contribution in [0.3, 0.4) is 0 Å². The lowest BCUT2D eigenvalue weighted by Crippen LogP contribution is -2.09. The number of hydrogen-bond donors (Lipinski definition) is 0. The SMILES string of the molecule is CCOc1ccc(-c2ccc(C3=CCC(c4ccc(C)c(F)c4F)CC3)c(F)c2F)c(F)c1F. The molecule has 1 aliphatic rings. The van der Waals surface area contributed by atoms with Crippen molar-refractivity contribution >= 4 is 5.57 Å². The molecule has 0 heterocycles. The minimum Gasteiger partial charge on any atom is -0.491 e. The summed E-state index contributed by atoms with van der Waals surface area (Å²) in [7, 11) is 0. The van der Waals surface area contributed by atoms with Crippen molar-refractivity contribution < 1.29 is 31.1 Å². The Morgan fingerprint density at radius 2 is 1.35 bits per heavy atom. The van der Waals surface area contributed by atoms with Gasteiger partial charge in [-0.1, -0.05) is 30.3 Å². The fourth-order valence-electron chi connectivity index (χ4n) is 4.35. The third-order valence-electron chi connectivity index (χ3n) is 6.22. The predicted octanol–water partition coefficient (Wildman–Crippen LogP) is 8.25. The molecular formula is C27H22F6O. The van der Waals surface area contributed by atoms with Crippen molar-refractivity contribution in [1.82, 2.24) is 0 Å². The van der Waals surface area contributed by atoms with Gasteiger partial charge in [-0.05, 0) is 67.9 Å². The molecule has 0 aromatic heterocycles. The Balaban J connectivity index is 1.63. The second-order valence-electron chi connectivity index (χ2n) is 8.26. The van der Waals surface area contributed by atoms with E-state index in [4.69, 9.17) is 4.74 Å². The third kappa shape index (κ3) is 4.19. The molecule has 0 amide bonds. The average molecular weight is 476 g/mol. The molecular weight excluding hydrogens is 454 g/mol. The van der Waals surface area contributed by atoms with Gasteiger partial charge < -0.3 is 4.74 Å². The van der Waals surface area contributed by atoms with Crippen molar-refractivity contribution in [3.63, 3.8) is 0 Å². The lowest BCUT2D eigenvalue weighted by molar-refractivity contribution is 0.314. The Bertz CT molecular complexity index is 1280. The number of allylic oxidation sites excluding steroid dienone is 2. The number of aryl methyl sites for hydroxylation is 1. The van der Waals surface area contributed by atoms with Gasteiger partial charge in [0.15, 0.2) is 34.8 Å². The van der Waals surface area contributed by atoms with E-state index in [1.165, 1.54) is 31.2 Å². The third-order valence-corrected chi connectivity index (χ3v) is 6.22. The lowest BCUT2D eigenvalue weighted by Gasteiger charge is -2.24. The quantitative estimate of drug-likeness (QED) is 0.337. The molecule has 0 bridgehead atoms. The van der Waals surface area contributed by atoms with E-state index in [0.717, 1.165) is 6.07 Å². The second-order valence-corrected chi connectivity index (χ2v) is 8.26. The fraction of sp³-hybridized carbons (Fsp3) is 0.259. The van der Waals surface area contributed by atoms with Crippen molar-refractivity contribution in [2.75, 3.05) is 6.61 Å². The summed E-state index contributed by atoms with van der Waals surface area (Å²) in [6.45, 7) is 3.21. The normalized spacial score (nSPS) is 15.9. The molecule has 1 atom stereocenters. The van der Waals surface area contributed by atoms with E-state index >= 15 is 0 Å². The highest BCUT2D eigenvalue weighted by Crippen LogP contribution is 2.40. The number of rotatable bonds is 5. The summed E-state index contributed by atoms with van der Waals surface area (Å²) >= 11 is 0. The van der Waals surface area contributed by atoms with Gasteiger partial charge in [0.05, 0.1) is 6.61 Å². The van der Waals surface area contributed by atoms with E-state index in [0.29, 0.717) is 24.8 Å². The van der Waals surface area contributed by atoms with E-state index in [1.807, 2.05) is 0 Å². The highest BCUT2D eigenvalue weighted by molar-refractivity contribution is 5.73. The Morgan fingerprint density at radius 3 is 2.00 bits per heavy atom. The van der Waals surface area contributed by atoms with Crippen LogP contribution in [0.4, 0.5) is 26.3 Å². The summed E-state index contributed by atoms with van der Waals surface area (Å²) in [5.74, 6) is -7.44. The molecule has 0 radical (unpaired) electrons. The predicted molar refractivity (Wildman–Crippen MR) is 119 cm³/mol. The van der Waals surface area contributed by atoms with Crippen LogP contribution < -0.4 is 4.74 Å². The molecule has 1 unspecified atom stereocenters. The molecule has 0 spiro atoms. The van der Waals surface area contributed by atoms with Crippen molar-refractivity contribution in [2.45, 2.75) is 39.0 Å². The molecule has 0 saturated heterocycles. The van der Waals surface area contributed by atoms with Crippen LogP contribution in [-0.2, 0) is 0 Å². The van der Waals surface area contributed by atoms with Gasteiger partial charge in [-0.3, -0.25) is 0 Å². The van der Waals surface area contributed by atoms with Crippen molar-refractivity contribution in [3.05, 3.63) is 94.1 Å². The van der Waals surface area contributed by atoms with Gasteiger partial charge in [-0.2, -0.15) is 4.39 Å². The van der Waals surface area contributed by atoms with Crippen LogP contribution in [0.25, 0.3) is 16.7 Å². The summed E-state index contributed by atoms with van der Waals surface area (Å²) in [6, 6.07) is 7.90. The Kier molecular flexibility index (Phi) is 6.73. The monoisotopic (exact) mass is 476 g/mol. The molecule has 3 aromatic rings. The molecule has 3 aromatic carbocycles. The summed E-state index contributed by atoms with van der Waals surface area (Å²) in [6.07, 6.45) is 2.75. The van der Waals surface area contributed by atoms with Crippen molar-refractivity contribution in [1.29, 1.82) is 0 Å². The lowest BCUT2D eigenvalue weighted by atomic mass is 9.82. The van der Waals surface area contributed by atoms with Gasteiger partial charge in [0, 0.05) is 16.7 Å². The van der Waals surface area contributed by atoms with Crippen molar-refractivity contribution in [2.24, 2.45) is 0 Å². The van der Waals surface area contributed by atoms with Gasteiger partial charge in [0.25, 0.3) is 0 Å². The maximum absolute atomic E-state index is 15.0. The minimum atomic E-state index is -1.33. The molecule has 1 aliphatic carbocycles. The van der Waals surface area contributed by atoms with Gasteiger partial charge in [0.1, 0.15) is 0 Å². The number of benzene rings is 3. The van der Waals surface area contributed by atoms with E-state index < -0.39 is 46.0 Å². The van der Waals surface area contributed by atoms with Gasteiger partial charge in [-0.15, -0.1) is 0 Å². The van der Waals surface area contributed by atoms with Crippen LogP contribution in [0.2, 0.25) is 0 Å². The largest absolute Gasteiger partial charge is 0.491 e. The standard InChI is InChI=1S/C27H22F6O/c1-3-34-21-13-12-20(26(32)27(21)33)19-11-10-18(24(30)25(19)31)16-7-5-15(6-8-16)17-9-4-14(2)22(28)23(17)29/h4,7,9-13,15H,3,5-6,8H2,1-2H3. The molecule has 0 fully saturated rings. The molecule has 4 rings (SSSR count). The molecule has 178 valence electrons. The van der Waals surface area contributed by atoms with Gasteiger partial charge in [-0.25, -0.2) is 22.0 Å². The van der Waals surface area contributed by atoms with E-state index in [-0.39, 0.29) is 35.0 Å². The second kappa shape index (κ2) is 9.57. The van der Waals surface area contributed by atoms with Crippen LogP contribution in [0.5, 0.6) is 5.75 Å². The summed E-state index contributed by atoms with van der Waals surface area (Å²) in [5, 5.41) is 0. The molecule has 0 N–H and O–H groups in total. The number of halogens is 6. The molecule has 7 heteroatoms. The Hall–Kier alpha value is -3.22. The maximum Gasteiger partial charge on any atom is 0.201 e. The smallest absolute Gasteiger partial charge is 0.201 e. The van der Waals surface area contributed by atoms with Crippen LogP contribution >= 0.6 is 0 Å². The summed E-state index contributed by atoms with van der Waals surface area (Å²) in [5.41, 5.74) is 0.168.